The van der Waals surface area contributed by atoms with Gasteiger partial charge in [-0.2, -0.15) is 0 Å². The quantitative estimate of drug-likeness (QED) is 0.473. The van der Waals surface area contributed by atoms with Crippen LogP contribution in [0.25, 0.3) is 0 Å². The first kappa shape index (κ1) is 25.6. The van der Waals surface area contributed by atoms with Crippen LogP contribution in [0, 0.1) is 0 Å². The van der Waals surface area contributed by atoms with Crippen LogP contribution in [0.5, 0.6) is 0 Å². The molecule has 8 nitrogen and oxygen atoms in total. The van der Waals surface area contributed by atoms with Gasteiger partial charge in [0.2, 0.25) is 0 Å². The Bertz CT molecular complexity index is 1040. The highest BCUT2D eigenvalue weighted by Crippen LogP contribution is 2.31. The summed E-state index contributed by atoms with van der Waals surface area (Å²) >= 11 is 6.40. The van der Waals surface area contributed by atoms with Crippen LogP contribution in [-0.4, -0.2) is 49.9 Å². The molecule has 2 aromatic rings. The number of aliphatic carboxylic acids is 2. The van der Waals surface area contributed by atoms with Crippen LogP contribution in [0.15, 0.2) is 41.3 Å². The lowest BCUT2D eigenvalue weighted by Crippen LogP contribution is -2.16. The Morgan fingerprint density at radius 2 is 1.59 bits per heavy atom. The zero-order chi connectivity index (χ0) is 23.7. The van der Waals surface area contributed by atoms with Crippen LogP contribution in [0.4, 0.5) is 5.69 Å². The van der Waals surface area contributed by atoms with E-state index in [1.54, 1.807) is 12.1 Å². The van der Waals surface area contributed by atoms with Crippen molar-refractivity contribution in [2.24, 2.45) is 0 Å². The Morgan fingerprint density at radius 3 is 2.16 bits per heavy atom. The Balaban J connectivity index is 0.000000390. The lowest BCUT2D eigenvalue weighted by Gasteiger charge is -2.16. The van der Waals surface area contributed by atoms with Crippen molar-refractivity contribution in [1.29, 1.82) is 0 Å². The molecule has 0 aromatic heterocycles. The minimum Gasteiger partial charge on any atom is -0.481 e. The van der Waals surface area contributed by atoms with E-state index < -0.39 is 21.8 Å². The summed E-state index contributed by atoms with van der Waals surface area (Å²) in [4.78, 5) is 19.6. The number of sulfone groups is 1. The largest absolute Gasteiger partial charge is 0.481 e. The van der Waals surface area contributed by atoms with Crippen LogP contribution < -0.4 is 10.6 Å². The molecule has 32 heavy (non-hydrogen) atoms. The first-order valence-corrected chi connectivity index (χ1v) is 12.3. The number of anilines is 1. The number of carboxylic acid groups (broad SMARTS) is 2. The van der Waals surface area contributed by atoms with E-state index in [9.17, 15) is 18.0 Å². The number of nitrogens with one attached hydrogen (secondary N) is 2. The highest BCUT2D eigenvalue weighted by atomic mass is 35.5. The second-order valence-corrected chi connectivity index (χ2v) is 9.79. The molecule has 2 aromatic carbocycles. The van der Waals surface area contributed by atoms with E-state index in [-0.39, 0.29) is 12.8 Å². The van der Waals surface area contributed by atoms with E-state index in [0.29, 0.717) is 11.4 Å². The molecular weight excluding hydrogens is 456 g/mol. The van der Waals surface area contributed by atoms with Crippen LogP contribution in [0.3, 0.4) is 0 Å². The van der Waals surface area contributed by atoms with Crippen molar-refractivity contribution in [1.82, 2.24) is 5.32 Å². The van der Waals surface area contributed by atoms with Gasteiger partial charge in [0.25, 0.3) is 0 Å². The molecule has 0 atom stereocenters. The topological polar surface area (TPSA) is 133 Å². The van der Waals surface area contributed by atoms with E-state index in [1.165, 1.54) is 17.4 Å². The summed E-state index contributed by atoms with van der Waals surface area (Å²) in [5.41, 5.74) is 4.62. The van der Waals surface area contributed by atoms with E-state index in [0.717, 1.165) is 42.2 Å². The van der Waals surface area contributed by atoms with Crippen molar-refractivity contribution in [2.45, 2.75) is 37.1 Å². The molecule has 0 saturated carbocycles. The number of hydrogen-bond acceptors (Lipinski definition) is 6. The number of fused-ring (bicyclic) bond motifs is 1. The summed E-state index contributed by atoms with van der Waals surface area (Å²) in [6.45, 7) is 2.54. The Hall–Kier alpha value is -2.62. The van der Waals surface area contributed by atoms with Gasteiger partial charge in [-0.3, -0.25) is 9.59 Å². The standard InChI is InChI=1S/C18H21ClN2O2S.C4H6O4/c1-24(22,23)15-5-2-13(3-6-15)12-21-18-16-9-11-20-10-8-14(16)4-7-17(18)19;5-3(6)1-2-4(7)8/h2-7,20-21H,8-12H2,1H3;1-2H2,(H,5,6)(H,7,8). The van der Waals surface area contributed by atoms with Gasteiger partial charge in [-0.1, -0.05) is 29.8 Å². The van der Waals surface area contributed by atoms with Gasteiger partial charge in [-0.05, 0) is 60.8 Å². The number of halogens is 1. The molecule has 0 fully saturated rings. The predicted octanol–water partition coefficient (Wildman–Crippen LogP) is 2.98. The molecule has 174 valence electrons. The Morgan fingerprint density at radius 1 is 1.00 bits per heavy atom. The predicted molar refractivity (Wildman–Crippen MR) is 123 cm³/mol. The monoisotopic (exact) mass is 482 g/mol. The first-order chi connectivity index (χ1) is 15.1. The second-order valence-electron chi connectivity index (χ2n) is 7.37. The zero-order valence-corrected chi connectivity index (χ0v) is 19.3. The Labute approximate surface area is 192 Å². The third kappa shape index (κ3) is 8.14. The van der Waals surface area contributed by atoms with E-state index in [1.807, 2.05) is 18.2 Å². The number of carbonyl (C=O) groups is 2. The normalized spacial score (nSPS) is 13.2. The molecule has 0 spiro atoms. The average Bonchev–Trinajstić information content (AvgIpc) is 2.97. The van der Waals surface area contributed by atoms with Crippen molar-refractivity contribution in [3.63, 3.8) is 0 Å². The molecule has 10 heteroatoms. The van der Waals surface area contributed by atoms with Gasteiger partial charge in [0.05, 0.1) is 28.4 Å². The summed E-state index contributed by atoms with van der Waals surface area (Å²) in [6, 6.07) is 11.0. The molecule has 1 aliphatic heterocycles. The van der Waals surface area contributed by atoms with Crippen molar-refractivity contribution < 1.29 is 28.2 Å². The van der Waals surface area contributed by atoms with Crippen molar-refractivity contribution >= 4 is 39.1 Å². The summed E-state index contributed by atoms with van der Waals surface area (Å²) in [6.07, 6.45) is 2.58. The van der Waals surface area contributed by atoms with Gasteiger partial charge in [0.15, 0.2) is 9.84 Å². The molecule has 0 aliphatic carbocycles. The molecule has 0 radical (unpaired) electrons. The molecule has 0 unspecified atom stereocenters. The third-order valence-corrected chi connectivity index (χ3v) is 6.30. The van der Waals surface area contributed by atoms with E-state index in [4.69, 9.17) is 21.8 Å². The van der Waals surface area contributed by atoms with Crippen molar-refractivity contribution in [3.05, 3.63) is 58.1 Å². The smallest absolute Gasteiger partial charge is 0.303 e. The highest BCUT2D eigenvalue weighted by Gasteiger charge is 2.15. The molecule has 3 rings (SSSR count). The highest BCUT2D eigenvalue weighted by molar-refractivity contribution is 7.90. The van der Waals surface area contributed by atoms with Crippen LogP contribution in [0.2, 0.25) is 5.02 Å². The average molecular weight is 483 g/mol. The number of rotatable bonds is 7. The molecule has 4 N–H and O–H groups in total. The first-order valence-electron chi connectivity index (χ1n) is 10.1. The SMILES string of the molecule is CS(=O)(=O)c1ccc(CNc2c(Cl)ccc3c2CCNCC3)cc1.O=C(O)CCC(=O)O. The molecular formula is C22H27ClN2O6S. The van der Waals surface area contributed by atoms with Gasteiger partial charge in [0.1, 0.15) is 0 Å². The van der Waals surface area contributed by atoms with Gasteiger partial charge in [-0.25, -0.2) is 8.42 Å². The second kappa shape index (κ2) is 11.8. The molecule has 0 amide bonds. The third-order valence-electron chi connectivity index (χ3n) is 4.86. The molecule has 1 aliphatic rings. The fourth-order valence-corrected chi connectivity index (χ4v) is 4.07. The maximum absolute atomic E-state index is 11.5. The van der Waals surface area contributed by atoms with E-state index in [2.05, 4.69) is 16.7 Å². The fourth-order valence-electron chi connectivity index (χ4n) is 3.19. The maximum atomic E-state index is 11.5. The summed E-state index contributed by atoms with van der Waals surface area (Å²) in [5, 5.41) is 23.4. The van der Waals surface area contributed by atoms with Gasteiger partial charge < -0.3 is 20.8 Å². The van der Waals surface area contributed by atoms with Crippen LogP contribution in [0.1, 0.15) is 29.5 Å². The molecule has 0 bridgehead atoms. The summed E-state index contributed by atoms with van der Waals surface area (Å²) in [5.74, 6) is -2.15. The van der Waals surface area contributed by atoms with Gasteiger partial charge >= 0.3 is 11.9 Å². The number of hydrogen-bond donors (Lipinski definition) is 4. The maximum Gasteiger partial charge on any atom is 0.303 e. The lowest BCUT2D eigenvalue weighted by atomic mass is 10.0. The molecule has 1 heterocycles. The lowest BCUT2D eigenvalue weighted by molar-refractivity contribution is -0.143. The van der Waals surface area contributed by atoms with Crippen molar-refractivity contribution in [3.8, 4) is 0 Å². The number of benzene rings is 2. The molecule has 0 saturated heterocycles. The minimum absolute atomic E-state index is 0.296. The number of carboxylic acids is 2. The summed E-state index contributed by atoms with van der Waals surface area (Å²) in [7, 11) is -3.16. The fraction of sp³-hybridized carbons (Fsp3) is 0.364. The van der Waals surface area contributed by atoms with Crippen LogP contribution in [-0.2, 0) is 38.8 Å². The van der Waals surface area contributed by atoms with Gasteiger partial charge in [0, 0.05) is 12.8 Å². The van der Waals surface area contributed by atoms with Crippen molar-refractivity contribution in [2.75, 3.05) is 24.7 Å². The zero-order valence-electron chi connectivity index (χ0n) is 17.7. The Kier molecular flexibility index (Phi) is 9.49. The summed E-state index contributed by atoms with van der Waals surface area (Å²) < 4.78 is 23.0. The van der Waals surface area contributed by atoms with Crippen LogP contribution >= 0.6 is 11.6 Å². The van der Waals surface area contributed by atoms with E-state index >= 15 is 0 Å². The minimum atomic E-state index is -3.16. The van der Waals surface area contributed by atoms with Gasteiger partial charge in [-0.15, -0.1) is 0 Å².